The first-order valence-corrected chi connectivity index (χ1v) is 9.80. The summed E-state index contributed by atoms with van der Waals surface area (Å²) in [6, 6.07) is 5.90. The molecule has 1 aromatic carbocycles. The molecule has 10 heteroatoms. The molecule has 1 aliphatic rings. The van der Waals surface area contributed by atoms with Crippen LogP contribution in [-0.2, 0) is 14.8 Å². The molecule has 0 spiro atoms. The second kappa shape index (κ2) is 7.54. The monoisotopic (exact) mass is 398 g/mol. The highest BCUT2D eigenvalue weighted by Crippen LogP contribution is 2.35. The van der Waals surface area contributed by atoms with E-state index in [0.717, 1.165) is 0 Å². The summed E-state index contributed by atoms with van der Waals surface area (Å²) in [5, 5.41) is 0. The Morgan fingerprint density at radius 1 is 1.12 bits per heavy atom. The predicted octanol–water partition coefficient (Wildman–Crippen LogP) is 1.73. The van der Waals surface area contributed by atoms with Gasteiger partial charge in [0.1, 0.15) is 6.34 Å². The van der Waals surface area contributed by atoms with E-state index in [0.29, 0.717) is 14.9 Å². The maximum absolute atomic E-state index is 12.5. The molecule has 2 rings (SSSR count). The van der Waals surface area contributed by atoms with Crippen LogP contribution in [0.1, 0.15) is 0 Å². The highest BCUT2D eigenvalue weighted by atomic mass is 32.2. The normalized spacial score (nSPS) is 17.0. The number of carbonyl (C=O) groups is 1. The van der Waals surface area contributed by atoms with E-state index in [-0.39, 0.29) is 10.8 Å². The van der Waals surface area contributed by atoms with Crippen molar-refractivity contribution >= 4 is 56.3 Å². The number of sulfonamides is 1. The second-order valence-corrected chi connectivity index (χ2v) is 8.93. The van der Waals surface area contributed by atoms with Gasteiger partial charge in [-0.05, 0) is 24.3 Å². The van der Waals surface area contributed by atoms with Crippen molar-refractivity contribution in [3.8, 4) is 0 Å². The zero-order valence-corrected chi connectivity index (χ0v) is 16.7. The molecule has 0 N–H and O–H groups in total. The van der Waals surface area contributed by atoms with Gasteiger partial charge < -0.3 is 9.80 Å². The van der Waals surface area contributed by atoms with Crippen LogP contribution in [-0.4, -0.2) is 63.0 Å². The van der Waals surface area contributed by atoms with E-state index in [1.54, 1.807) is 37.3 Å². The molecule has 0 aliphatic carbocycles. The van der Waals surface area contributed by atoms with E-state index in [9.17, 15) is 13.2 Å². The summed E-state index contributed by atoms with van der Waals surface area (Å²) >= 11 is 6.47. The Balaban J connectivity index is 2.29. The molecule has 25 heavy (non-hydrogen) atoms. The number of hydrogen-bond acceptors (Lipinski definition) is 6. The largest absolute Gasteiger partial charge is 0.382 e. The molecule has 1 saturated heterocycles. The molecule has 1 heterocycles. The molecule has 0 bridgehead atoms. The minimum Gasteiger partial charge on any atom is -0.382 e. The van der Waals surface area contributed by atoms with Crippen LogP contribution >= 0.6 is 24.0 Å². The zero-order valence-electron chi connectivity index (χ0n) is 14.2. The molecule has 1 fully saturated rings. The third kappa shape index (κ3) is 4.59. The Hall–Kier alpha value is -1.91. The van der Waals surface area contributed by atoms with E-state index < -0.39 is 10.0 Å². The summed E-state index contributed by atoms with van der Waals surface area (Å²) in [5.74, 6) is -0.232. The average molecular weight is 399 g/mol. The number of nitrogens with zero attached hydrogens (tertiary/aromatic N) is 4. The Morgan fingerprint density at radius 3 is 2.24 bits per heavy atom. The smallest absolute Gasteiger partial charge is 0.283 e. The lowest BCUT2D eigenvalue weighted by atomic mass is 10.3. The minimum atomic E-state index is -3.78. The van der Waals surface area contributed by atoms with Gasteiger partial charge >= 0.3 is 0 Å². The summed E-state index contributed by atoms with van der Waals surface area (Å²) in [7, 11) is 3.22. The van der Waals surface area contributed by atoms with Crippen molar-refractivity contribution in [2.24, 2.45) is 4.40 Å². The van der Waals surface area contributed by atoms with Gasteiger partial charge in [-0.2, -0.15) is 8.42 Å². The fourth-order valence-electron chi connectivity index (χ4n) is 1.90. The fourth-order valence-corrected chi connectivity index (χ4v) is 4.18. The average Bonchev–Trinajstić information content (AvgIpc) is 2.79. The van der Waals surface area contributed by atoms with Gasteiger partial charge in [0.2, 0.25) is 0 Å². The Labute approximate surface area is 157 Å². The fraction of sp³-hybridized carbons (Fsp3) is 0.267. The molecular weight excluding hydrogens is 380 g/mol. The number of anilines is 1. The maximum Gasteiger partial charge on any atom is 0.283 e. The van der Waals surface area contributed by atoms with Gasteiger partial charge in [0.25, 0.3) is 15.9 Å². The standard InChI is InChI=1S/C15H18N4O3S3/c1-17(2)9-13-14(20)19(15(23)24-13)11-5-7-12(8-6-11)25(21,22)16-10-18(3)4/h5-10H,1-4H3/b13-9+,16-10?. The molecule has 0 radical (unpaired) electrons. The van der Waals surface area contributed by atoms with Crippen LogP contribution in [0.25, 0.3) is 0 Å². The summed E-state index contributed by atoms with van der Waals surface area (Å²) in [5.41, 5.74) is 0.514. The zero-order chi connectivity index (χ0) is 18.8. The van der Waals surface area contributed by atoms with Gasteiger partial charge in [-0.1, -0.05) is 24.0 Å². The van der Waals surface area contributed by atoms with Gasteiger partial charge in [-0.3, -0.25) is 9.69 Å². The van der Waals surface area contributed by atoms with Crippen molar-refractivity contribution in [3.63, 3.8) is 0 Å². The number of amides is 1. The lowest BCUT2D eigenvalue weighted by Crippen LogP contribution is -2.27. The van der Waals surface area contributed by atoms with E-state index >= 15 is 0 Å². The number of carbonyl (C=O) groups excluding carboxylic acids is 1. The van der Waals surface area contributed by atoms with Crippen molar-refractivity contribution in [1.82, 2.24) is 9.80 Å². The first kappa shape index (κ1) is 19.4. The Morgan fingerprint density at radius 2 is 1.72 bits per heavy atom. The van der Waals surface area contributed by atoms with Gasteiger partial charge in [-0.15, -0.1) is 4.40 Å². The van der Waals surface area contributed by atoms with Gasteiger partial charge in [0.15, 0.2) is 4.32 Å². The van der Waals surface area contributed by atoms with E-state index in [4.69, 9.17) is 12.2 Å². The SMILES string of the molecule is CN(C)C=NS(=O)(=O)c1ccc(N2C(=O)/C(=C\N(C)C)SC2=S)cc1. The molecule has 1 amide bonds. The molecule has 134 valence electrons. The van der Waals surface area contributed by atoms with Crippen molar-refractivity contribution < 1.29 is 13.2 Å². The highest BCUT2D eigenvalue weighted by Gasteiger charge is 2.33. The molecule has 0 aromatic heterocycles. The molecule has 1 aromatic rings. The number of thiocarbonyl (C=S) groups is 1. The summed E-state index contributed by atoms with van der Waals surface area (Å²) in [4.78, 5) is 17.7. The number of hydrogen-bond donors (Lipinski definition) is 0. The van der Waals surface area contributed by atoms with E-state index in [2.05, 4.69) is 4.40 Å². The quantitative estimate of drug-likeness (QED) is 0.324. The van der Waals surface area contributed by atoms with Gasteiger partial charge in [0.05, 0.1) is 15.5 Å². The molecule has 0 saturated carbocycles. The molecule has 1 aliphatic heterocycles. The number of benzene rings is 1. The Kier molecular flexibility index (Phi) is 5.86. The third-order valence-electron chi connectivity index (χ3n) is 2.98. The third-order valence-corrected chi connectivity index (χ3v) is 5.51. The van der Waals surface area contributed by atoms with Gasteiger partial charge in [0, 0.05) is 34.4 Å². The van der Waals surface area contributed by atoms with Crippen LogP contribution in [0.4, 0.5) is 5.69 Å². The predicted molar refractivity (Wildman–Crippen MR) is 105 cm³/mol. The van der Waals surface area contributed by atoms with Crippen LogP contribution < -0.4 is 4.90 Å². The van der Waals surface area contributed by atoms with Crippen molar-refractivity contribution in [1.29, 1.82) is 0 Å². The number of thioether (sulfide) groups is 1. The first-order valence-electron chi connectivity index (χ1n) is 7.13. The molecule has 0 unspecified atom stereocenters. The van der Waals surface area contributed by atoms with Crippen LogP contribution in [0.5, 0.6) is 0 Å². The summed E-state index contributed by atoms with van der Waals surface area (Å²) in [6.45, 7) is 0. The molecule has 0 atom stereocenters. The first-order chi connectivity index (χ1) is 11.6. The maximum atomic E-state index is 12.5. The van der Waals surface area contributed by atoms with E-state index in [1.165, 1.54) is 40.0 Å². The molecular formula is C15H18N4O3S3. The summed E-state index contributed by atoms with van der Waals surface area (Å²) in [6.07, 6.45) is 2.92. The lowest BCUT2D eigenvalue weighted by Gasteiger charge is -2.15. The topological polar surface area (TPSA) is 73.3 Å². The molecule has 7 nitrogen and oxygen atoms in total. The summed E-state index contributed by atoms with van der Waals surface area (Å²) < 4.78 is 28.2. The van der Waals surface area contributed by atoms with Crippen LogP contribution in [0.3, 0.4) is 0 Å². The van der Waals surface area contributed by atoms with Crippen molar-refractivity contribution in [2.75, 3.05) is 33.1 Å². The van der Waals surface area contributed by atoms with Gasteiger partial charge in [-0.25, -0.2) is 0 Å². The van der Waals surface area contributed by atoms with Crippen molar-refractivity contribution in [2.45, 2.75) is 4.90 Å². The minimum absolute atomic E-state index is 0.0450. The van der Waals surface area contributed by atoms with Crippen LogP contribution in [0, 0.1) is 0 Å². The van der Waals surface area contributed by atoms with Crippen LogP contribution in [0.2, 0.25) is 0 Å². The second-order valence-electron chi connectivity index (χ2n) is 5.62. The van der Waals surface area contributed by atoms with E-state index in [1.807, 2.05) is 14.1 Å². The van der Waals surface area contributed by atoms with Crippen molar-refractivity contribution in [3.05, 3.63) is 35.4 Å². The number of rotatable bonds is 5. The highest BCUT2D eigenvalue weighted by molar-refractivity contribution is 8.27. The lowest BCUT2D eigenvalue weighted by molar-refractivity contribution is -0.113. The van der Waals surface area contributed by atoms with Crippen LogP contribution in [0.15, 0.2) is 44.7 Å². The Bertz CT molecular complexity index is 843.